The molecule has 1 saturated heterocycles. The first-order valence-corrected chi connectivity index (χ1v) is 9.94. The van der Waals surface area contributed by atoms with Crippen molar-refractivity contribution in [2.24, 2.45) is 0 Å². The van der Waals surface area contributed by atoms with E-state index in [4.69, 9.17) is 4.74 Å². The van der Waals surface area contributed by atoms with Gasteiger partial charge in [-0.05, 0) is 36.6 Å². The summed E-state index contributed by atoms with van der Waals surface area (Å²) in [6.07, 6.45) is 1.43. The van der Waals surface area contributed by atoms with E-state index in [1.165, 1.54) is 12.5 Å². The molecule has 1 N–H and O–H groups in total. The smallest absolute Gasteiger partial charge is 0.257 e. The Balaban J connectivity index is 1.43. The van der Waals surface area contributed by atoms with Gasteiger partial charge in [-0.2, -0.15) is 5.10 Å². The number of para-hydroxylation sites is 1. The highest BCUT2D eigenvalue weighted by atomic mass is 16.5. The zero-order chi connectivity index (χ0) is 20.2. The zero-order valence-corrected chi connectivity index (χ0v) is 16.5. The summed E-state index contributed by atoms with van der Waals surface area (Å²) in [5.74, 6) is 0.596. The number of carbonyl (C=O) groups is 2. The van der Waals surface area contributed by atoms with E-state index in [1.54, 1.807) is 0 Å². The third-order valence-corrected chi connectivity index (χ3v) is 5.27. The van der Waals surface area contributed by atoms with E-state index < -0.39 is 6.10 Å². The lowest BCUT2D eigenvalue weighted by atomic mass is 10.0. The average Bonchev–Trinajstić information content (AvgIpc) is 2.77. The molecule has 0 aliphatic carbocycles. The summed E-state index contributed by atoms with van der Waals surface area (Å²) < 4.78 is 5.82. The Morgan fingerprint density at radius 1 is 1.17 bits per heavy atom. The molecule has 0 bridgehead atoms. The Labute approximate surface area is 169 Å². The number of aromatic nitrogens is 2. The molecule has 1 unspecified atom stereocenters. The molecule has 8 nitrogen and oxygen atoms in total. The van der Waals surface area contributed by atoms with Gasteiger partial charge >= 0.3 is 0 Å². The number of fused-ring (bicyclic) bond motifs is 1. The summed E-state index contributed by atoms with van der Waals surface area (Å²) in [6, 6.07) is 11.8. The monoisotopic (exact) mass is 395 g/mol. The van der Waals surface area contributed by atoms with Crippen molar-refractivity contribution in [2.45, 2.75) is 32.4 Å². The maximum Gasteiger partial charge on any atom is 0.257 e. The van der Waals surface area contributed by atoms with E-state index in [-0.39, 0.29) is 11.8 Å². The average molecular weight is 395 g/mol. The summed E-state index contributed by atoms with van der Waals surface area (Å²) in [7, 11) is 0. The molecule has 29 heavy (non-hydrogen) atoms. The molecular formula is C21H25N5O3. The minimum Gasteiger partial charge on any atom is -0.365 e. The minimum atomic E-state index is -0.532. The molecule has 1 aromatic heterocycles. The van der Waals surface area contributed by atoms with E-state index in [1.807, 2.05) is 40.1 Å². The standard InChI is InChI=1S/C21H25N5O3/c1-15(27)22-13-17-8-9-20(24-23-17)25-11-12-29-19(14-25)21(28)26-10-4-6-16-5-2-3-7-18(16)26/h2-3,5,7-9,19H,4,6,10-14H2,1H3,(H,22,27). The van der Waals surface area contributed by atoms with Gasteiger partial charge in [0.2, 0.25) is 5.91 Å². The van der Waals surface area contributed by atoms with Gasteiger partial charge in [-0.1, -0.05) is 18.2 Å². The fraction of sp³-hybridized carbons (Fsp3) is 0.429. The molecule has 0 saturated carbocycles. The van der Waals surface area contributed by atoms with Crippen LogP contribution in [0.3, 0.4) is 0 Å². The molecule has 1 atom stereocenters. The van der Waals surface area contributed by atoms with Crippen LogP contribution in [0.2, 0.25) is 0 Å². The maximum atomic E-state index is 13.2. The van der Waals surface area contributed by atoms with Crippen molar-refractivity contribution in [3.8, 4) is 0 Å². The van der Waals surface area contributed by atoms with E-state index in [0.717, 1.165) is 18.5 Å². The van der Waals surface area contributed by atoms with Crippen LogP contribution >= 0.6 is 0 Å². The van der Waals surface area contributed by atoms with Crippen LogP contribution in [0.15, 0.2) is 36.4 Å². The molecule has 152 valence electrons. The Morgan fingerprint density at radius 3 is 2.83 bits per heavy atom. The molecule has 3 heterocycles. The normalized spacial score (nSPS) is 18.9. The van der Waals surface area contributed by atoms with Gasteiger partial charge in [0.05, 0.1) is 25.4 Å². The van der Waals surface area contributed by atoms with Gasteiger partial charge in [0.15, 0.2) is 11.9 Å². The van der Waals surface area contributed by atoms with E-state index >= 15 is 0 Å². The van der Waals surface area contributed by atoms with Crippen molar-refractivity contribution in [2.75, 3.05) is 36.0 Å². The third kappa shape index (κ3) is 4.37. The Bertz CT molecular complexity index is 886. The predicted molar refractivity (Wildman–Crippen MR) is 109 cm³/mol. The number of morpholine rings is 1. The number of hydrogen-bond donors (Lipinski definition) is 1. The second kappa shape index (κ2) is 8.57. The lowest BCUT2D eigenvalue weighted by molar-refractivity contribution is -0.130. The van der Waals surface area contributed by atoms with Crippen molar-refractivity contribution in [1.82, 2.24) is 15.5 Å². The molecule has 8 heteroatoms. The number of rotatable bonds is 4. The first-order valence-electron chi connectivity index (χ1n) is 9.94. The quantitative estimate of drug-likeness (QED) is 0.840. The number of ether oxygens (including phenoxy) is 1. The Kier molecular flexibility index (Phi) is 5.71. The Hall–Kier alpha value is -3.00. The number of nitrogens with one attached hydrogen (secondary N) is 1. The highest BCUT2D eigenvalue weighted by Gasteiger charge is 2.33. The SMILES string of the molecule is CC(=O)NCc1ccc(N2CCOC(C(=O)N3CCCc4ccccc43)C2)nn1. The molecule has 2 amide bonds. The number of hydrogen-bond acceptors (Lipinski definition) is 6. The molecule has 2 aliphatic heterocycles. The Morgan fingerprint density at radius 2 is 2.03 bits per heavy atom. The fourth-order valence-electron chi connectivity index (χ4n) is 3.77. The van der Waals surface area contributed by atoms with Crippen molar-refractivity contribution in [1.29, 1.82) is 0 Å². The van der Waals surface area contributed by atoms with Gasteiger partial charge in [0.25, 0.3) is 5.91 Å². The van der Waals surface area contributed by atoms with Gasteiger partial charge < -0.3 is 19.9 Å². The first-order chi connectivity index (χ1) is 14.1. The number of nitrogens with zero attached hydrogens (tertiary/aromatic N) is 4. The summed E-state index contributed by atoms with van der Waals surface area (Å²) in [5.41, 5.74) is 2.89. The fourth-order valence-corrected chi connectivity index (χ4v) is 3.77. The molecule has 0 spiro atoms. The van der Waals surface area contributed by atoms with Crippen LogP contribution in [-0.4, -0.2) is 54.4 Å². The number of amides is 2. The van der Waals surface area contributed by atoms with Crippen molar-refractivity contribution in [3.05, 3.63) is 47.7 Å². The first kappa shape index (κ1) is 19.3. The lowest BCUT2D eigenvalue weighted by Crippen LogP contribution is -2.52. The second-order valence-electron chi connectivity index (χ2n) is 7.32. The maximum absolute atomic E-state index is 13.2. The predicted octanol–water partition coefficient (Wildman–Crippen LogP) is 1.30. The van der Waals surface area contributed by atoms with Gasteiger partial charge in [0.1, 0.15) is 0 Å². The summed E-state index contributed by atoms with van der Waals surface area (Å²) >= 11 is 0. The van der Waals surface area contributed by atoms with Crippen LogP contribution in [0.4, 0.5) is 11.5 Å². The third-order valence-electron chi connectivity index (χ3n) is 5.27. The van der Waals surface area contributed by atoms with Crippen molar-refractivity contribution in [3.63, 3.8) is 0 Å². The summed E-state index contributed by atoms with van der Waals surface area (Å²) in [5, 5.41) is 11.1. The molecule has 1 aromatic carbocycles. The highest BCUT2D eigenvalue weighted by molar-refractivity contribution is 5.98. The van der Waals surface area contributed by atoms with E-state index in [2.05, 4.69) is 21.6 Å². The van der Waals surface area contributed by atoms with Crippen LogP contribution in [0.25, 0.3) is 0 Å². The minimum absolute atomic E-state index is 0.00270. The molecule has 2 aliphatic rings. The number of benzene rings is 1. The van der Waals surface area contributed by atoms with Crippen LogP contribution in [0, 0.1) is 0 Å². The topological polar surface area (TPSA) is 87.7 Å². The summed E-state index contributed by atoms with van der Waals surface area (Å²) in [4.78, 5) is 28.1. The molecule has 4 rings (SSSR count). The van der Waals surface area contributed by atoms with Crippen LogP contribution in [-0.2, 0) is 27.3 Å². The van der Waals surface area contributed by atoms with Crippen LogP contribution in [0.1, 0.15) is 24.6 Å². The van der Waals surface area contributed by atoms with Crippen LogP contribution < -0.4 is 15.1 Å². The van der Waals surface area contributed by atoms with Gasteiger partial charge in [0, 0.05) is 25.7 Å². The number of aryl methyl sites for hydroxylation is 1. The van der Waals surface area contributed by atoms with E-state index in [9.17, 15) is 9.59 Å². The summed E-state index contributed by atoms with van der Waals surface area (Å²) in [6.45, 7) is 4.08. The number of anilines is 2. The zero-order valence-electron chi connectivity index (χ0n) is 16.5. The molecular weight excluding hydrogens is 370 g/mol. The van der Waals surface area contributed by atoms with Gasteiger partial charge in [-0.15, -0.1) is 5.10 Å². The van der Waals surface area contributed by atoms with Crippen molar-refractivity contribution >= 4 is 23.3 Å². The highest BCUT2D eigenvalue weighted by Crippen LogP contribution is 2.28. The number of carbonyl (C=O) groups excluding carboxylic acids is 2. The van der Waals surface area contributed by atoms with Gasteiger partial charge in [-0.25, -0.2) is 0 Å². The van der Waals surface area contributed by atoms with E-state index in [0.29, 0.717) is 44.3 Å². The molecule has 2 aromatic rings. The molecule has 1 fully saturated rings. The van der Waals surface area contributed by atoms with Crippen LogP contribution in [0.5, 0.6) is 0 Å². The second-order valence-corrected chi connectivity index (χ2v) is 7.32. The van der Waals surface area contributed by atoms with Gasteiger partial charge in [-0.3, -0.25) is 9.59 Å². The van der Waals surface area contributed by atoms with Crippen molar-refractivity contribution < 1.29 is 14.3 Å². The molecule has 0 radical (unpaired) electrons. The lowest BCUT2D eigenvalue weighted by Gasteiger charge is -2.37. The largest absolute Gasteiger partial charge is 0.365 e.